The predicted molar refractivity (Wildman–Crippen MR) is 79.8 cm³/mol. The maximum atomic E-state index is 12.2. The summed E-state index contributed by atoms with van der Waals surface area (Å²) in [6, 6.07) is 7.24. The molecule has 0 saturated carbocycles. The van der Waals surface area contributed by atoms with Gasteiger partial charge in [0.15, 0.2) is 0 Å². The molecule has 1 aromatic rings. The first-order valence-electron chi connectivity index (χ1n) is 6.64. The Kier molecular flexibility index (Phi) is 5.76. The first kappa shape index (κ1) is 15.9. The lowest BCUT2D eigenvalue weighted by molar-refractivity contribution is 0.499. The van der Waals surface area contributed by atoms with Gasteiger partial charge in [0.05, 0.1) is 4.90 Å². The fraction of sp³-hybridized carbons (Fsp3) is 0.467. The Hall–Kier alpha value is -1.13. The molecule has 0 heterocycles. The van der Waals surface area contributed by atoms with Gasteiger partial charge in [-0.15, -0.1) is 6.58 Å². The Morgan fingerprint density at radius 1 is 1.21 bits per heavy atom. The molecule has 1 rings (SSSR count). The molecule has 0 aromatic heterocycles. The smallest absolute Gasteiger partial charge is 0.207 e. The van der Waals surface area contributed by atoms with E-state index in [2.05, 4.69) is 20.4 Å². The summed E-state index contributed by atoms with van der Waals surface area (Å²) in [5.74, 6) is 0.502. The Morgan fingerprint density at radius 3 is 2.16 bits per heavy atom. The summed E-state index contributed by atoms with van der Waals surface area (Å²) in [6.07, 6.45) is 3.72. The molecule has 3 nitrogen and oxygen atoms in total. The molecule has 0 aliphatic carbocycles. The third-order valence-corrected chi connectivity index (χ3v) is 5.27. The van der Waals surface area contributed by atoms with Crippen LogP contribution in [0.25, 0.3) is 0 Å². The second-order valence-electron chi connectivity index (χ2n) is 4.66. The van der Waals surface area contributed by atoms with Gasteiger partial charge >= 0.3 is 0 Å². The maximum absolute atomic E-state index is 12.2. The highest BCUT2D eigenvalue weighted by Gasteiger charge is 2.19. The zero-order valence-corrected chi connectivity index (χ0v) is 12.8. The highest BCUT2D eigenvalue weighted by atomic mass is 32.2. The predicted octanol–water partition coefficient (Wildman–Crippen LogP) is 3.40. The van der Waals surface area contributed by atoms with Crippen LogP contribution in [0.3, 0.4) is 0 Å². The van der Waals surface area contributed by atoms with Crippen LogP contribution in [0.1, 0.15) is 38.2 Å². The number of likely N-dealkylation sites (N-methyl/N-ethyl adjacent to an activating group) is 1. The summed E-state index contributed by atoms with van der Waals surface area (Å²) in [5, 5.41) is 0. The number of nitrogens with zero attached hydrogens (tertiary/aromatic N) is 1. The average molecular weight is 281 g/mol. The van der Waals surface area contributed by atoms with E-state index in [9.17, 15) is 8.42 Å². The summed E-state index contributed by atoms with van der Waals surface area (Å²) in [5.41, 5.74) is 1.20. The van der Waals surface area contributed by atoms with Gasteiger partial charge in [0, 0.05) is 13.6 Å². The van der Waals surface area contributed by atoms with Crippen molar-refractivity contribution in [1.29, 1.82) is 0 Å². The van der Waals surface area contributed by atoms with Crippen molar-refractivity contribution in [3.63, 3.8) is 0 Å². The molecule has 0 atom stereocenters. The Balaban J connectivity index is 3.01. The van der Waals surface area contributed by atoms with Gasteiger partial charge in [0.1, 0.15) is 0 Å². The van der Waals surface area contributed by atoms with Crippen LogP contribution in [0.4, 0.5) is 0 Å². The minimum atomic E-state index is -3.39. The van der Waals surface area contributed by atoms with Crippen molar-refractivity contribution in [3.05, 3.63) is 42.5 Å². The number of sulfonamides is 1. The van der Waals surface area contributed by atoms with Crippen LogP contribution in [0.2, 0.25) is 0 Å². The monoisotopic (exact) mass is 281 g/mol. The van der Waals surface area contributed by atoms with Crippen molar-refractivity contribution in [3.8, 4) is 0 Å². The minimum Gasteiger partial charge on any atom is -0.207 e. The molecule has 0 aliphatic rings. The lowest BCUT2D eigenvalue weighted by Crippen LogP contribution is -2.26. The number of hydrogen-bond donors (Lipinski definition) is 0. The molecule has 0 radical (unpaired) electrons. The zero-order chi connectivity index (χ0) is 14.5. The van der Waals surface area contributed by atoms with E-state index in [1.54, 1.807) is 25.3 Å². The summed E-state index contributed by atoms with van der Waals surface area (Å²) >= 11 is 0. The third-order valence-electron chi connectivity index (χ3n) is 3.43. The van der Waals surface area contributed by atoms with Crippen molar-refractivity contribution in [1.82, 2.24) is 4.31 Å². The first-order valence-corrected chi connectivity index (χ1v) is 8.08. The van der Waals surface area contributed by atoms with E-state index >= 15 is 0 Å². The van der Waals surface area contributed by atoms with Crippen molar-refractivity contribution in [2.45, 2.75) is 37.5 Å². The van der Waals surface area contributed by atoms with E-state index in [1.807, 2.05) is 12.1 Å². The first-order chi connectivity index (χ1) is 8.97. The number of rotatable bonds is 7. The van der Waals surface area contributed by atoms with Crippen LogP contribution in [-0.4, -0.2) is 26.3 Å². The van der Waals surface area contributed by atoms with E-state index in [0.29, 0.717) is 17.4 Å². The molecular formula is C15H23NO2S. The van der Waals surface area contributed by atoms with Gasteiger partial charge < -0.3 is 0 Å². The Labute approximate surface area is 117 Å². The van der Waals surface area contributed by atoms with Crippen LogP contribution in [-0.2, 0) is 10.0 Å². The van der Waals surface area contributed by atoms with E-state index in [-0.39, 0.29) is 0 Å². The fourth-order valence-corrected chi connectivity index (χ4v) is 3.27. The normalized spacial score (nSPS) is 12.1. The van der Waals surface area contributed by atoms with Gasteiger partial charge in [0.2, 0.25) is 10.0 Å². The zero-order valence-electron chi connectivity index (χ0n) is 12.0. The van der Waals surface area contributed by atoms with Gasteiger partial charge in [-0.25, -0.2) is 8.42 Å². The SMILES string of the molecule is C=CCN(C)S(=O)(=O)c1ccc(C(CC)CC)cc1. The van der Waals surface area contributed by atoms with Gasteiger partial charge in [-0.2, -0.15) is 4.31 Å². The molecule has 0 saturated heterocycles. The molecule has 0 spiro atoms. The Bertz CT molecular complexity index is 501. The van der Waals surface area contributed by atoms with E-state index in [1.165, 1.54) is 9.87 Å². The molecule has 0 aliphatic heterocycles. The topological polar surface area (TPSA) is 37.4 Å². The van der Waals surface area contributed by atoms with Crippen molar-refractivity contribution >= 4 is 10.0 Å². The Morgan fingerprint density at radius 2 is 1.74 bits per heavy atom. The standard InChI is InChI=1S/C15H23NO2S/c1-5-12-16(4)19(17,18)15-10-8-14(9-11-15)13(6-2)7-3/h5,8-11,13H,1,6-7,12H2,2-4H3. The molecule has 106 valence electrons. The van der Waals surface area contributed by atoms with Gasteiger partial charge in [-0.05, 0) is 36.5 Å². The highest BCUT2D eigenvalue weighted by Crippen LogP contribution is 2.24. The fourth-order valence-electron chi connectivity index (χ4n) is 2.13. The van der Waals surface area contributed by atoms with E-state index in [0.717, 1.165) is 12.8 Å². The second kappa shape index (κ2) is 6.87. The molecule has 0 unspecified atom stereocenters. The van der Waals surface area contributed by atoms with Crippen LogP contribution >= 0.6 is 0 Å². The lowest BCUT2D eigenvalue weighted by atomic mass is 9.94. The molecular weight excluding hydrogens is 258 g/mol. The summed E-state index contributed by atoms with van der Waals surface area (Å²) in [7, 11) is -1.83. The van der Waals surface area contributed by atoms with Gasteiger partial charge in [0.25, 0.3) is 0 Å². The summed E-state index contributed by atoms with van der Waals surface area (Å²) < 4.78 is 25.7. The van der Waals surface area contributed by atoms with Crippen LogP contribution < -0.4 is 0 Å². The summed E-state index contributed by atoms with van der Waals surface area (Å²) in [6.45, 7) is 8.18. The van der Waals surface area contributed by atoms with E-state index < -0.39 is 10.0 Å². The van der Waals surface area contributed by atoms with Crippen LogP contribution in [0, 0.1) is 0 Å². The third kappa shape index (κ3) is 3.67. The quantitative estimate of drug-likeness (QED) is 0.718. The molecule has 0 N–H and O–H groups in total. The largest absolute Gasteiger partial charge is 0.243 e. The highest BCUT2D eigenvalue weighted by molar-refractivity contribution is 7.89. The number of hydrogen-bond acceptors (Lipinski definition) is 2. The lowest BCUT2D eigenvalue weighted by Gasteiger charge is -2.17. The minimum absolute atomic E-state index is 0.316. The molecule has 0 bridgehead atoms. The van der Waals surface area contributed by atoms with Crippen molar-refractivity contribution < 1.29 is 8.42 Å². The maximum Gasteiger partial charge on any atom is 0.243 e. The average Bonchev–Trinajstić information content (AvgIpc) is 2.41. The van der Waals surface area contributed by atoms with Crippen molar-refractivity contribution in [2.75, 3.05) is 13.6 Å². The molecule has 0 amide bonds. The van der Waals surface area contributed by atoms with E-state index in [4.69, 9.17) is 0 Å². The molecule has 1 aromatic carbocycles. The van der Waals surface area contributed by atoms with Gasteiger partial charge in [-0.3, -0.25) is 0 Å². The van der Waals surface area contributed by atoms with Crippen LogP contribution in [0.5, 0.6) is 0 Å². The molecule has 4 heteroatoms. The van der Waals surface area contributed by atoms with Crippen molar-refractivity contribution in [2.24, 2.45) is 0 Å². The van der Waals surface area contributed by atoms with Gasteiger partial charge in [-0.1, -0.05) is 32.1 Å². The van der Waals surface area contributed by atoms with Crippen LogP contribution in [0.15, 0.2) is 41.8 Å². The molecule has 19 heavy (non-hydrogen) atoms. The second-order valence-corrected chi connectivity index (χ2v) is 6.70. The summed E-state index contributed by atoms with van der Waals surface area (Å²) in [4.78, 5) is 0.339. The molecule has 0 fully saturated rings. The number of benzene rings is 1.